The quantitative estimate of drug-likeness (QED) is 0.150. The third-order valence-electron chi connectivity index (χ3n) is 5.24. The molecule has 2 amide bonds. The molecule has 10 nitrogen and oxygen atoms in total. The fourth-order valence-corrected chi connectivity index (χ4v) is 3.56. The normalized spacial score (nSPS) is 11.6. The number of hydrogen-bond donors (Lipinski definition) is 6. The van der Waals surface area contributed by atoms with Gasteiger partial charge in [0.05, 0.1) is 0 Å². The molecule has 172 valence electrons. The molecule has 0 aliphatic heterocycles. The van der Waals surface area contributed by atoms with E-state index in [0.717, 1.165) is 16.5 Å². The van der Waals surface area contributed by atoms with Crippen molar-refractivity contribution in [2.75, 3.05) is 6.54 Å². The van der Waals surface area contributed by atoms with E-state index in [4.69, 9.17) is 28.3 Å². The van der Waals surface area contributed by atoms with Crippen LogP contribution in [-0.2, 0) is 11.3 Å². The average molecular weight is 449 g/mol. The van der Waals surface area contributed by atoms with Crippen LogP contribution in [0.15, 0.2) is 59.6 Å². The van der Waals surface area contributed by atoms with Crippen molar-refractivity contribution in [3.05, 3.63) is 71.4 Å². The molecule has 1 aromatic heterocycles. The summed E-state index contributed by atoms with van der Waals surface area (Å²) in [5.41, 5.74) is 24.5. The Hall–Kier alpha value is -4.34. The van der Waals surface area contributed by atoms with Gasteiger partial charge in [-0.3, -0.25) is 20.0 Å². The van der Waals surface area contributed by atoms with Crippen LogP contribution in [0, 0.1) is 5.41 Å². The van der Waals surface area contributed by atoms with Crippen LogP contribution in [0.25, 0.3) is 10.9 Å². The molecule has 0 unspecified atom stereocenters. The number of carbonyl (C=O) groups excluding carboxylic acids is 2. The first-order chi connectivity index (χ1) is 15.8. The van der Waals surface area contributed by atoms with Gasteiger partial charge in [0.2, 0.25) is 5.91 Å². The van der Waals surface area contributed by atoms with Crippen LogP contribution in [0.3, 0.4) is 0 Å². The lowest BCUT2D eigenvalue weighted by Crippen LogP contribution is -2.45. The summed E-state index contributed by atoms with van der Waals surface area (Å²) in [4.78, 5) is 29.0. The molecule has 33 heavy (non-hydrogen) atoms. The van der Waals surface area contributed by atoms with Crippen molar-refractivity contribution in [2.45, 2.75) is 25.4 Å². The zero-order valence-electron chi connectivity index (χ0n) is 18.1. The second-order valence-corrected chi connectivity index (χ2v) is 7.66. The number of para-hydroxylation sites is 1. The number of nitrogens with two attached hydrogens (primary N) is 4. The van der Waals surface area contributed by atoms with E-state index >= 15 is 0 Å². The molecular weight excluding hydrogens is 420 g/mol. The van der Waals surface area contributed by atoms with Crippen LogP contribution < -0.4 is 28.3 Å². The second-order valence-electron chi connectivity index (χ2n) is 7.66. The first kappa shape index (κ1) is 23.3. The smallest absolute Gasteiger partial charge is 0.268 e. The highest BCUT2D eigenvalue weighted by atomic mass is 16.2. The SMILES string of the molecule is N=C(N)c1ccc(Cn2c(C(=O)N[C@@H](CCCN=C(N)N)C(N)=O)cc3ccccc32)cc1. The summed E-state index contributed by atoms with van der Waals surface area (Å²) in [5.74, 6) is -1.08. The highest BCUT2D eigenvalue weighted by molar-refractivity contribution is 6.00. The maximum atomic E-state index is 13.2. The molecule has 0 aliphatic carbocycles. The van der Waals surface area contributed by atoms with Gasteiger partial charge in [-0.2, -0.15) is 0 Å². The predicted octanol–water partition coefficient (Wildman–Crippen LogP) is 0.611. The van der Waals surface area contributed by atoms with Crippen molar-refractivity contribution in [2.24, 2.45) is 27.9 Å². The number of amides is 2. The topological polar surface area (TPSA) is 191 Å². The summed E-state index contributed by atoms with van der Waals surface area (Å²) in [5, 5.41) is 11.2. The predicted molar refractivity (Wildman–Crippen MR) is 129 cm³/mol. The van der Waals surface area contributed by atoms with E-state index in [9.17, 15) is 9.59 Å². The lowest BCUT2D eigenvalue weighted by atomic mass is 10.1. The van der Waals surface area contributed by atoms with Crippen molar-refractivity contribution >= 4 is 34.5 Å². The van der Waals surface area contributed by atoms with E-state index in [-0.39, 0.29) is 11.8 Å². The minimum Gasteiger partial charge on any atom is -0.384 e. The van der Waals surface area contributed by atoms with Crippen molar-refractivity contribution in [3.8, 4) is 0 Å². The average Bonchev–Trinajstić information content (AvgIpc) is 3.14. The Kier molecular flexibility index (Phi) is 7.29. The molecular formula is C23H28N8O2. The van der Waals surface area contributed by atoms with Gasteiger partial charge in [-0.15, -0.1) is 0 Å². The number of nitrogens with zero attached hydrogens (tertiary/aromatic N) is 2. The van der Waals surface area contributed by atoms with Gasteiger partial charge in [0.1, 0.15) is 17.6 Å². The highest BCUT2D eigenvalue weighted by Gasteiger charge is 2.22. The molecule has 0 spiro atoms. The van der Waals surface area contributed by atoms with Crippen LogP contribution in [0.2, 0.25) is 0 Å². The number of aliphatic imine (C=N–C) groups is 1. The number of benzene rings is 2. The third kappa shape index (κ3) is 5.88. The number of carbonyl (C=O) groups is 2. The number of fused-ring (bicyclic) bond motifs is 1. The second kappa shape index (κ2) is 10.3. The molecule has 10 heteroatoms. The summed E-state index contributed by atoms with van der Waals surface area (Å²) < 4.78 is 1.88. The number of rotatable bonds is 10. The largest absolute Gasteiger partial charge is 0.384 e. The lowest BCUT2D eigenvalue weighted by Gasteiger charge is -2.17. The highest BCUT2D eigenvalue weighted by Crippen LogP contribution is 2.22. The molecule has 3 rings (SSSR count). The van der Waals surface area contributed by atoms with Crippen LogP contribution in [0.4, 0.5) is 0 Å². The zero-order chi connectivity index (χ0) is 24.0. The Bertz CT molecular complexity index is 1190. The maximum absolute atomic E-state index is 13.2. The number of nitrogen functional groups attached to an aromatic ring is 1. The number of amidine groups is 1. The van der Waals surface area contributed by atoms with Gasteiger partial charge in [-0.05, 0) is 30.5 Å². The van der Waals surface area contributed by atoms with Gasteiger partial charge in [-0.1, -0.05) is 42.5 Å². The first-order valence-corrected chi connectivity index (χ1v) is 10.4. The Labute approximate surface area is 191 Å². The van der Waals surface area contributed by atoms with Gasteiger partial charge in [0.25, 0.3) is 5.91 Å². The summed E-state index contributed by atoms with van der Waals surface area (Å²) in [6.45, 7) is 0.749. The van der Waals surface area contributed by atoms with Crippen molar-refractivity contribution < 1.29 is 9.59 Å². The summed E-state index contributed by atoms with van der Waals surface area (Å²) in [6, 6.07) is 15.8. The molecule has 0 radical (unpaired) electrons. The van der Waals surface area contributed by atoms with Gasteiger partial charge < -0.3 is 32.8 Å². The summed E-state index contributed by atoms with van der Waals surface area (Å²) >= 11 is 0. The molecule has 0 fully saturated rings. The minimum atomic E-state index is -0.854. The third-order valence-corrected chi connectivity index (χ3v) is 5.24. The Balaban J connectivity index is 1.85. The fraction of sp³-hybridized carbons (Fsp3) is 0.217. The lowest BCUT2D eigenvalue weighted by molar-refractivity contribution is -0.120. The van der Waals surface area contributed by atoms with Crippen molar-refractivity contribution in [3.63, 3.8) is 0 Å². The van der Waals surface area contributed by atoms with Crippen LogP contribution in [0.1, 0.15) is 34.5 Å². The standard InChI is InChI=1S/C23H28N8O2/c24-20(25)15-9-7-14(8-10-15)13-31-18-6-2-1-4-16(18)12-19(31)22(33)30-17(21(26)32)5-3-11-29-23(27)28/h1-2,4,6-10,12,17H,3,5,11,13H2,(H3,24,25)(H2,26,32)(H,30,33)(H4,27,28,29)/t17-/m0/s1. The van der Waals surface area contributed by atoms with Gasteiger partial charge >= 0.3 is 0 Å². The van der Waals surface area contributed by atoms with Crippen LogP contribution in [0.5, 0.6) is 0 Å². The molecule has 0 saturated heterocycles. The maximum Gasteiger partial charge on any atom is 0.268 e. The Morgan fingerprint density at radius 3 is 2.36 bits per heavy atom. The molecule has 3 aromatic rings. The Morgan fingerprint density at radius 2 is 1.73 bits per heavy atom. The van der Waals surface area contributed by atoms with E-state index in [1.165, 1.54) is 0 Å². The van der Waals surface area contributed by atoms with Gasteiger partial charge in [-0.25, -0.2) is 0 Å². The van der Waals surface area contributed by atoms with E-state index in [1.807, 2.05) is 41.0 Å². The first-order valence-electron chi connectivity index (χ1n) is 10.4. The van der Waals surface area contributed by atoms with E-state index in [1.54, 1.807) is 18.2 Å². The number of nitrogens with one attached hydrogen (secondary N) is 2. The summed E-state index contributed by atoms with van der Waals surface area (Å²) in [6.07, 6.45) is 0.794. The fourth-order valence-electron chi connectivity index (χ4n) is 3.56. The summed E-state index contributed by atoms with van der Waals surface area (Å²) in [7, 11) is 0. The van der Waals surface area contributed by atoms with Crippen LogP contribution >= 0.6 is 0 Å². The molecule has 2 aromatic carbocycles. The number of hydrogen-bond acceptors (Lipinski definition) is 4. The molecule has 0 aliphatic rings. The molecule has 0 bridgehead atoms. The van der Waals surface area contributed by atoms with Crippen molar-refractivity contribution in [1.29, 1.82) is 5.41 Å². The van der Waals surface area contributed by atoms with Crippen LogP contribution in [-0.4, -0.2) is 40.8 Å². The Morgan fingerprint density at radius 1 is 1.03 bits per heavy atom. The number of aromatic nitrogens is 1. The minimum absolute atomic E-state index is 0.00892. The number of primary amides is 1. The van der Waals surface area contributed by atoms with E-state index < -0.39 is 17.9 Å². The van der Waals surface area contributed by atoms with E-state index in [2.05, 4.69) is 10.3 Å². The molecule has 1 heterocycles. The van der Waals surface area contributed by atoms with E-state index in [0.29, 0.717) is 37.2 Å². The molecule has 0 saturated carbocycles. The molecule has 10 N–H and O–H groups in total. The van der Waals surface area contributed by atoms with Crippen molar-refractivity contribution in [1.82, 2.24) is 9.88 Å². The number of guanidine groups is 1. The van der Waals surface area contributed by atoms with Gasteiger partial charge in [0.15, 0.2) is 5.96 Å². The molecule has 1 atom stereocenters. The zero-order valence-corrected chi connectivity index (χ0v) is 18.1. The monoisotopic (exact) mass is 448 g/mol. The van der Waals surface area contributed by atoms with Gasteiger partial charge in [0, 0.05) is 29.6 Å².